The third-order valence-electron chi connectivity index (χ3n) is 1.27. The molecule has 0 aliphatic heterocycles. The largest absolute Gasteiger partial charge is 0.548 e. The molecule has 0 saturated heterocycles. The van der Waals surface area contributed by atoms with E-state index >= 15 is 0 Å². The van der Waals surface area contributed by atoms with Gasteiger partial charge in [-0.15, -0.1) is 0 Å². The Morgan fingerprint density at radius 2 is 2.00 bits per heavy atom. The van der Waals surface area contributed by atoms with Crippen molar-refractivity contribution in [2.24, 2.45) is 11.5 Å². The van der Waals surface area contributed by atoms with Gasteiger partial charge in [0.1, 0.15) is 0 Å². The minimum absolute atomic E-state index is 0. The Hall–Kier alpha value is -0.0905. The topological polar surface area (TPSA) is 92.2 Å². The summed E-state index contributed by atoms with van der Waals surface area (Å²) in [5, 5.41) is 10.0. The van der Waals surface area contributed by atoms with Crippen LogP contribution in [0.25, 0.3) is 0 Å². The van der Waals surface area contributed by atoms with Gasteiger partial charge in [0.05, 0.1) is 5.97 Å². The first-order chi connectivity index (χ1) is 4.68. The normalized spacial score (nSPS) is 11.8. The fourth-order valence-corrected chi connectivity index (χ4v) is 0.626. The summed E-state index contributed by atoms with van der Waals surface area (Å²) in [6.07, 6.45) is 2.03. The maximum Gasteiger partial charge on any atom is 0.0582 e. The number of nitrogens with two attached hydrogens (primary N) is 2. The zero-order valence-corrected chi connectivity index (χ0v) is 7.33. The molecule has 11 heavy (non-hydrogen) atoms. The molecule has 0 bridgehead atoms. The van der Waals surface area contributed by atoms with E-state index in [9.17, 15) is 9.90 Å². The molecule has 4 nitrogen and oxygen atoms in total. The molecule has 0 aromatic heterocycles. The minimum Gasteiger partial charge on any atom is -0.548 e. The van der Waals surface area contributed by atoms with E-state index in [2.05, 4.69) is 0 Å². The average Bonchev–Trinajstić information content (AvgIpc) is 1.88. The van der Waals surface area contributed by atoms with Crippen molar-refractivity contribution in [2.75, 3.05) is 6.54 Å². The molecule has 4 N–H and O–H groups in total. The molecule has 0 amide bonds. The molecule has 0 rings (SSSR count). The third-order valence-corrected chi connectivity index (χ3v) is 1.27. The fraction of sp³-hybridized carbons (Fsp3) is 0.833. The Morgan fingerprint density at radius 3 is 2.36 bits per heavy atom. The third kappa shape index (κ3) is 7.81. The second-order valence-corrected chi connectivity index (χ2v) is 2.21. The van der Waals surface area contributed by atoms with Crippen molar-refractivity contribution in [3.05, 3.63) is 0 Å². The van der Waals surface area contributed by atoms with Crippen LogP contribution in [0.3, 0.4) is 0 Å². The number of carbonyl (C=O) groups excluding carboxylic acids is 1. The predicted molar refractivity (Wildman–Crippen MR) is 35.9 cm³/mol. The second kappa shape index (κ2) is 8.01. The smallest absolute Gasteiger partial charge is 0.0582 e. The van der Waals surface area contributed by atoms with Gasteiger partial charge in [-0.05, 0) is 19.4 Å². The summed E-state index contributed by atoms with van der Waals surface area (Å²) in [6.45, 7) is 0.583. The van der Waals surface area contributed by atoms with E-state index in [0.29, 0.717) is 13.0 Å². The van der Waals surface area contributed by atoms with Crippen LogP contribution in [0.1, 0.15) is 19.3 Å². The first kappa shape index (κ1) is 13.5. The second-order valence-electron chi connectivity index (χ2n) is 2.21. The summed E-state index contributed by atoms with van der Waals surface area (Å²) in [5.41, 5.74) is 10.3. The molecular weight excluding hydrogens is 188 g/mol. The SMILES string of the molecule is NCCCC[C@H](N)C(=O)[O-].[Fe]. The van der Waals surface area contributed by atoms with Crippen molar-refractivity contribution in [1.29, 1.82) is 0 Å². The van der Waals surface area contributed by atoms with Crippen molar-refractivity contribution in [1.82, 2.24) is 0 Å². The predicted octanol–water partition coefficient (Wildman–Crippen LogP) is -1.81. The molecule has 5 heteroatoms. The Bertz CT molecular complexity index is 111. The van der Waals surface area contributed by atoms with E-state index in [-0.39, 0.29) is 17.1 Å². The van der Waals surface area contributed by atoms with Gasteiger partial charge in [0.15, 0.2) is 0 Å². The molecule has 68 valence electrons. The number of hydrogen-bond donors (Lipinski definition) is 2. The standard InChI is InChI=1S/C6H14N2O2.Fe/c7-4-2-1-3-5(8)6(9)10;/h5H,1-4,7-8H2,(H,9,10);/p-1/t5-;/m0./s1. The molecule has 0 unspecified atom stereocenters. The van der Waals surface area contributed by atoms with Crippen LogP contribution in [0.5, 0.6) is 0 Å². The molecule has 0 aliphatic rings. The van der Waals surface area contributed by atoms with Gasteiger partial charge >= 0.3 is 0 Å². The van der Waals surface area contributed by atoms with E-state index in [1.165, 1.54) is 0 Å². The number of rotatable bonds is 5. The maximum absolute atomic E-state index is 10.0. The van der Waals surface area contributed by atoms with E-state index in [1.807, 2.05) is 0 Å². The van der Waals surface area contributed by atoms with Gasteiger partial charge < -0.3 is 21.4 Å². The van der Waals surface area contributed by atoms with E-state index in [1.54, 1.807) is 0 Å². The Kier molecular flexibility index (Phi) is 9.83. The molecule has 1 atom stereocenters. The zero-order chi connectivity index (χ0) is 7.98. The summed E-state index contributed by atoms with van der Waals surface area (Å²) in [7, 11) is 0. The molecule has 0 saturated carbocycles. The number of carbonyl (C=O) groups is 1. The summed E-state index contributed by atoms with van der Waals surface area (Å²) in [5.74, 6) is -1.18. The van der Waals surface area contributed by atoms with Crippen LogP contribution in [0, 0.1) is 0 Å². The molecule has 0 spiro atoms. The zero-order valence-electron chi connectivity index (χ0n) is 6.23. The number of carboxylic acid groups (broad SMARTS) is 1. The van der Waals surface area contributed by atoms with Crippen molar-refractivity contribution >= 4 is 5.97 Å². The van der Waals surface area contributed by atoms with Crippen LogP contribution in [0.4, 0.5) is 0 Å². The molecule has 0 aliphatic carbocycles. The molecule has 0 fully saturated rings. The summed E-state index contributed by atoms with van der Waals surface area (Å²) in [6, 6.07) is -0.827. The Labute approximate surface area is 76.8 Å². The van der Waals surface area contributed by atoms with E-state index in [0.717, 1.165) is 12.8 Å². The number of carboxylic acids is 1. The van der Waals surface area contributed by atoms with Gasteiger partial charge in [0.25, 0.3) is 0 Å². The van der Waals surface area contributed by atoms with Gasteiger partial charge in [0, 0.05) is 23.1 Å². The quantitative estimate of drug-likeness (QED) is 0.405. The van der Waals surface area contributed by atoms with Crippen LogP contribution in [0.15, 0.2) is 0 Å². The van der Waals surface area contributed by atoms with Crippen molar-refractivity contribution in [3.63, 3.8) is 0 Å². The first-order valence-electron chi connectivity index (χ1n) is 3.35. The number of unbranched alkanes of at least 4 members (excludes halogenated alkanes) is 1. The van der Waals surface area contributed by atoms with Gasteiger partial charge in [-0.3, -0.25) is 0 Å². The van der Waals surface area contributed by atoms with Crippen LogP contribution < -0.4 is 16.6 Å². The monoisotopic (exact) mass is 201 g/mol. The summed E-state index contributed by atoms with van der Waals surface area (Å²) < 4.78 is 0. The van der Waals surface area contributed by atoms with Gasteiger partial charge in [0.2, 0.25) is 0 Å². The van der Waals surface area contributed by atoms with Gasteiger partial charge in [-0.2, -0.15) is 0 Å². The van der Waals surface area contributed by atoms with Crippen molar-refractivity contribution in [3.8, 4) is 0 Å². The summed E-state index contributed by atoms with van der Waals surface area (Å²) in [4.78, 5) is 10.0. The maximum atomic E-state index is 10.0. The van der Waals surface area contributed by atoms with Crippen LogP contribution in [0.2, 0.25) is 0 Å². The molecule has 0 radical (unpaired) electrons. The van der Waals surface area contributed by atoms with Crippen molar-refractivity contribution in [2.45, 2.75) is 25.3 Å². The molecular formula is C6H13FeN2O2-. The molecule has 0 aromatic carbocycles. The Balaban J connectivity index is 0. The minimum atomic E-state index is -1.18. The Morgan fingerprint density at radius 1 is 1.45 bits per heavy atom. The molecule has 0 aromatic rings. The number of aliphatic carboxylic acids is 1. The van der Waals surface area contributed by atoms with E-state index < -0.39 is 12.0 Å². The fourth-order valence-electron chi connectivity index (χ4n) is 0.626. The van der Waals surface area contributed by atoms with Crippen LogP contribution >= 0.6 is 0 Å². The number of hydrogen-bond acceptors (Lipinski definition) is 4. The van der Waals surface area contributed by atoms with Gasteiger partial charge in [-0.1, -0.05) is 6.42 Å². The first-order valence-corrected chi connectivity index (χ1v) is 3.35. The van der Waals surface area contributed by atoms with Crippen molar-refractivity contribution < 1.29 is 27.0 Å². The summed E-state index contributed by atoms with van der Waals surface area (Å²) >= 11 is 0. The van der Waals surface area contributed by atoms with Crippen LogP contribution in [-0.2, 0) is 21.9 Å². The molecule has 0 heterocycles. The van der Waals surface area contributed by atoms with Gasteiger partial charge in [-0.25, -0.2) is 0 Å². The van der Waals surface area contributed by atoms with Crippen LogP contribution in [-0.4, -0.2) is 18.6 Å². The van der Waals surface area contributed by atoms with E-state index in [4.69, 9.17) is 11.5 Å². The average molecular weight is 201 g/mol.